The lowest BCUT2D eigenvalue weighted by Gasteiger charge is -2.39. The fourth-order valence-electron chi connectivity index (χ4n) is 8.88. The first kappa shape index (κ1) is 28.6. The molecule has 9 aromatic rings. The quantitative estimate of drug-likeness (QED) is 0.189. The Bertz CT molecular complexity index is 2870. The van der Waals surface area contributed by atoms with Crippen LogP contribution in [0.2, 0.25) is 0 Å². The third-order valence-corrected chi connectivity index (χ3v) is 11.1. The smallest absolute Gasteiger partial charge is 0.227 e. The van der Waals surface area contributed by atoms with E-state index in [2.05, 4.69) is 140 Å². The molecule has 5 nitrogen and oxygen atoms in total. The number of rotatable bonds is 4. The molecule has 0 amide bonds. The highest BCUT2D eigenvalue weighted by atomic mass is 16.3. The molecule has 2 unspecified atom stereocenters. The van der Waals surface area contributed by atoms with Crippen LogP contribution in [-0.4, -0.2) is 14.5 Å². The summed E-state index contributed by atoms with van der Waals surface area (Å²) in [5, 5.41) is 2.05. The molecular weight excluding hydrogens is 627 g/mol. The van der Waals surface area contributed by atoms with Gasteiger partial charge in [-0.25, -0.2) is 9.97 Å². The van der Waals surface area contributed by atoms with Crippen molar-refractivity contribution in [2.75, 3.05) is 0 Å². The highest BCUT2D eigenvalue weighted by Crippen LogP contribution is 2.59. The number of hydrogen-bond acceptors (Lipinski definition) is 4. The van der Waals surface area contributed by atoms with Crippen LogP contribution in [-0.2, 0) is 0 Å². The number of fused-ring (bicyclic) bond motifs is 4. The van der Waals surface area contributed by atoms with Crippen LogP contribution < -0.4 is 0 Å². The van der Waals surface area contributed by atoms with Crippen LogP contribution in [0, 0.1) is 6.92 Å². The molecule has 0 fully saturated rings. The van der Waals surface area contributed by atoms with Gasteiger partial charge in [0.1, 0.15) is 22.9 Å². The van der Waals surface area contributed by atoms with Gasteiger partial charge in [-0.15, -0.1) is 0 Å². The van der Waals surface area contributed by atoms with E-state index in [4.69, 9.17) is 18.8 Å². The van der Waals surface area contributed by atoms with Crippen molar-refractivity contribution in [3.05, 3.63) is 172 Å². The van der Waals surface area contributed by atoms with Crippen LogP contribution in [0.5, 0.6) is 0 Å². The molecule has 51 heavy (non-hydrogen) atoms. The number of aromatic nitrogens is 3. The van der Waals surface area contributed by atoms with Crippen LogP contribution >= 0.6 is 0 Å². The minimum atomic E-state index is -0.0154. The fraction of sp³-hybridized carbons (Fsp3) is 0.130. The van der Waals surface area contributed by atoms with E-state index >= 15 is 0 Å². The molecule has 12 rings (SSSR count). The number of hydrogen-bond donors (Lipinski definition) is 0. The molecule has 244 valence electrons. The van der Waals surface area contributed by atoms with Crippen molar-refractivity contribution in [2.24, 2.45) is 0 Å². The number of nitrogens with zero attached hydrogens (tertiary/aromatic N) is 3. The molecule has 2 bridgehead atoms. The lowest BCUT2D eigenvalue weighted by molar-refractivity contribution is 0.493. The SMILES string of the molecule is Cc1ccc2c(n1)oc1c(-c3nc4ccc5c(c4n3-c3ccccc3C(C)C)C3c4ccccc4C5c4oc(-c5ccccc5)cc43)cccc12. The first-order valence-corrected chi connectivity index (χ1v) is 17.8. The maximum Gasteiger partial charge on any atom is 0.227 e. The van der Waals surface area contributed by atoms with E-state index in [1.165, 1.54) is 33.4 Å². The molecule has 4 heterocycles. The first-order chi connectivity index (χ1) is 25.0. The summed E-state index contributed by atoms with van der Waals surface area (Å²) in [5.41, 5.74) is 15.4. The minimum absolute atomic E-state index is 0.00945. The average molecular weight is 660 g/mol. The second kappa shape index (κ2) is 10.4. The van der Waals surface area contributed by atoms with Crippen molar-refractivity contribution in [2.45, 2.75) is 38.5 Å². The Kier molecular flexibility index (Phi) is 5.84. The standard InChI is InChI=1S/C46H33N3O2/c1-25(2)28-14-9-10-19-37(28)49-42-36(48-45(49)34-18-11-17-31-32-21-20-26(3)47-46(32)51-43(31)34)23-22-33-40-30-16-8-7-15-29(30)39(41(33)42)35-24-38(50-44(35)40)27-12-5-4-6-13-27/h4-25,39-40H,1-3H3. The second-order valence-corrected chi connectivity index (χ2v) is 14.3. The summed E-state index contributed by atoms with van der Waals surface area (Å²) in [7, 11) is 0. The van der Waals surface area contributed by atoms with Crippen molar-refractivity contribution in [1.29, 1.82) is 0 Å². The molecule has 0 saturated heterocycles. The van der Waals surface area contributed by atoms with E-state index in [0.717, 1.165) is 67.2 Å². The lowest BCUT2D eigenvalue weighted by Crippen LogP contribution is -2.27. The molecule has 5 aromatic carbocycles. The average Bonchev–Trinajstić information content (AvgIpc) is 3.88. The molecule has 0 radical (unpaired) electrons. The molecule has 3 aliphatic carbocycles. The van der Waals surface area contributed by atoms with Gasteiger partial charge < -0.3 is 8.83 Å². The van der Waals surface area contributed by atoms with Gasteiger partial charge in [0.15, 0.2) is 0 Å². The van der Waals surface area contributed by atoms with Crippen molar-refractivity contribution < 1.29 is 8.83 Å². The Morgan fingerprint density at radius 1 is 0.647 bits per heavy atom. The monoisotopic (exact) mass is 659 g/mol. The highest BCUT2D eigenvalue weighted by molar-refractivity contribution is 6.08. The van der Waals surface area contributed by atoms with Gasteiger partial charge in [-0.3, -0.25) is 4.57 Å². The highest BCUT2D eigenvalue weighted by Gasteiger charge is 2.46. The number of furan rings is 2. The largest absolute Gasteiger partial charge is 0.460 e. The van der Waals surface area contributed by atoms with Crippen LogP contribution in [0.1, 0.15) is 76.4 Å². The third kappa shape index (κ3) is 3.92. The molecule has 0 saturated carbocycles. The summed E-state index contributed by atoms with van der Waals surface area (Å²) >= 11 is 0. The molecule has 0 N–H and O–H groups in total. The van der Waals surface area contributed by atoms with Crippen molar-refractivity contribution in [3.63, 3.8) is 0 Å². The molecule has 2 atom stereocenters. The van der Waals surface area contributed by atoms with Crippen LogP contribution in [0.3, 0.4) is 0 Å². The topological polar surface area (TPSA) is 57.0 Å². The number of pyridine rings is 1. The van der Waals surface area contributed by atoms with E-state index in [1.807, 2.05) is 13.0 Å². The zero-order valence-corrected chi connectivity index (χ0v) is 28.5. The molecule has 5 heteroatoms. The van der Waals surface area contributed by atoms with Crippen LogP contribution in [0.25, 0.3) is 61.5 Å². The first-order valence-electron chi connectivity index (χ1n) is 17.8. The number of para-hydroxylation sites is 2. The third-order valence-electron chi connectivity index (χ3n) is 11.1. The Morgan fingerprint density at radius 3 is 2.27 bits per heavy atom. The van der Waals surface area contributed by atoms with E-state index in [1.54, 1.807) is 0 Å². The molecule has 3 aliphatic rings. The van der Waals surface area contributed by atoms with Gasteiger partial charge in [-0.05, 0) is 77.1 Å². The Labute approximate surface area is 294 Å². The van der Waals surface area contributed by atoms with Gasteiger partial charge in [0.05, 0.1) is 28.2 Å². The van der Waals surface area contributed by atoms with Gasteiger partial charge in [0.25, 0.3) is 0 Å². The second-order valence-electron chi connectivity index (χ2n) is 14.3. The predicted molar refractivity (Wildman–Crippen MR) is 203 cm³/mol. The van der Waals surface area contributed by atoms with Crippen molar-refractivity contribution >= 4 is 33.1 Å². The van der Waals surface area contributed by atoms with E-state index < -0.39 is 0 Å². The van der Waals surface area contributed by atoms with Gasteiger partial charge in [-0.2, -0.15) is 0 Å². The molecular formula is C46H33N3O2. The lowest BCUT2D eigenvalue weighted by atomic mass is 9.63. The van der Waals surface area contributed by atoms with Gasteiger partial charge in [-0.1, -0.05) is 105 Å². The number of aryl methyl sites for hydroxylation is 1. The number of imidazole rings is 1. The zero-order valence-electron chi connectivity index (χ0n) is 28.5. The van der Waals surface area contributed by atoms with Crippen LogP contribution in [0.15, 0.2) is 136 Å². The Balaban J connectivity index is 1.25. The maximum atomic E-state index is 6.84. The van der Waals surface area contributed by atoms with E-state index in [-0.39, 0.29) is 11.8 Å². The summed E-state index contributed by atoms with van der Waals surface area (Å²) in [5.74, 6) is 3.09. The summed E-state index contributed by atoms with van der Waals surface area (Å²) in [6.45, 7) is 6.53. The Morgan fingerprint density at radius 2 is 1.43 bits per heavy atom. The fourth-order valence-corrected chi connectivity index (χ4v) is 8.88. The van der Waals surface area contributed by atoms with Crippen molar-refractivity contribution in [3.8, 4) is 28.4 Å². The zero-order chi connectivity index (χ0) is 34.0. The van der Waals surface area contributed by atoms with Gasteiger partial charge >= 0.3 is 0 Å². The summed E-state index contributed by atoms with van der Waals surface area (Å²) in [4.78, 5) is 10.3. The minimum Gasteiger partial charge on any atom is -0.460 e. The normalized spacial score (nSPS) is 15.9. The van der Waals surface area contributed by atoms with Crippen LogP contribution in [0.4, 0.5) is 0 Å². The molecule has 0 aliphatic heterocycles. The van der Waals surface area contributed by atoms with Gasteiger partial charge in [0.2, 0.25) is 5.71 Å². The summed E-state index contributed by atoms with van der Waals surface area (Å²) < 4.78 is 15.9. The van der Waals surface area contributed by atoms with E-state index in [0.29, 0.717) is 11.6 Å². The Hall–Kier alpha value is -6.20. The number of benzene rings is 5. The molecule has 0 spiro atoms. The summed E-state index contributed by atoms with van der Waals surface area (Å²) in [6.07, 6.45) is 0. The molecule has 4 aromatic heterocycles. The summed E-state index contributed by atoms with van der Waals surface area (Å²) in [6, 6.07) is 45.5. The maximum absolute atomic E-state index is 6.84. The van der Waals surface area contributed by atoms with E-state index in [9.17, 15) is 0 Å². The van der Waals surface area contributed by atoms with Gasteiger partial charge in [0, 0.05) is 33.5 Å². The van der Waals surface area contributed by atoms with Crippen molar-refractivity contribution in [1.82, 2.24) is 14.5 Å². The predicted octanol–water partition coefficient (Wildman–Crippen LogP) is 11.7.